The molecule has 0 fully saturated rings. The van der Waals surface area contributed by atoms with Crippen LogP contribution in [0.5, 0.6) is 17.6 Å². The summed E-state index contributed by atoms with van der Waals surface area (Å²) >= 11 is 0. The van der Waals surface area contributed by atoms with Crippen molar-refractivity contribution < 1.29 is 137 Å². The van der Waals surface area contributed by atoms with Crippen LogP contribution >= 0.6 is 0 Å². The van der Waals surface area contributed by atoms with E-state index in [1.165, 1.54) is 39.0 Å². The number of nitrogens with two attached hydrogens (primary N) is 3. The molecule has 6 aromatic heterocycles. The van der Waals surface area contributed by atoms with Crippen molar-refractivity contribution in [2.75, 3.05) is 17.2 Å². The van der Waals surface area contributed by atoms with Crippen LogP contribution in [0.4, 0.5) is 96.1 Å². The van der Waals surface area contributed by atoms with Gasteiger partial charge in [-0.15, -0.1) is 30.6 Å². The number of aliphatic hydroxyl groups is 5. The van der Waals surface area contributed by atoms with Gasteiger partial charge in [-0.1, -0.05) is 55.3 Å². The number of hydrogen-bond acceptors (Lipinski definition) is 24. The van der Waals surface area contributed by atoms with Gasteiger partial charge < -0.3 is 74.9 Å². The number of aliphatic hydroxyl groups excluding tert-OH is 3. The number of ether oxygens (including phenoxy) is 4. The van der Waals surface area contributed by atoms with Gasteiger partial charge in [0.2, 0.25) is 17.6 Å². The van der Waals surface area contributed by atoms with Crippen LogP contribution in [0.2, 0.25) is 0 Å². The molecule has 3 aliphatic rings. The monoisotopic (exact) mass is 1460 g/mol. The van der Waals surface area contributed by atoms with Crippen LogP contribution in [0.15, 0.2) is 73.9 Å². The highest BCUT2D eigenvalue weighted by molar-refractivity contribution is 5.70. The molecule has 12 bridgehead atoms. The smallest absolute Gasteiger partial charge is 0.429 e. The van der Waals surface area contributed by atoms with Crippen molar-refractivity contribution in [3.63, 3.8) is 0 Å². The highest BCUT2D eigenvalue weighted by Gasteiger charge is 2.67. The van der Waals surface area contributed by atoms with E-state index >= 15 is 0 Å². The second-order valence-corrected chi connectivity index (χ2v) is 22.9. The number of allylic oxidation sites excluding steroid dienone is 1. The Morgan fingerprint density at radius 3 is 1.16 bits per heavy atom. The Hall–Kier alpha value is -8.87. The number of halogens is 18. The third kappa shape index (κ3) is 16.3. The fraction of sp³-hybridized carbons (Fsp3) is 0.500. The van der Waals surface area contributed by atoms with Crippen LogP contribution in [-0.2, 0) is 46.7 Å². The molecule has 10 rings (SSSR count). The number of benzene rings is 1. The van der Waals surface area contributed by atoms with Crippen molar-refractivity contribution >= 4 is 17.1 Å². The Labute approximate surface area is 550 Å². The SMILES string of the molecule is C[C@@H]1CCC=CC(O)C(OCc2ccccc2)(C(F)(F)F)c2nnc(o2)-c2nc(c(C(F)(F)F)cc2N)O1.C[C@@H]1CCCCC(O)C(O)(C(F)(F)F)c2nnc(o2)-c2nc(c(C(F)(F)F)cc2N)O1.C[C@@H]1CCCCC(O)C(O)(C(F)(F)F)c2nnc(o2)-c2nc(c(C(F)(F)F)cc2N)O1. The van der Waals surface area contributed by atoms with Gasteiger partial charge in [-0.25, -0.2) is 15.0 Å². The summed E-state index contributed by atoms with van der Waals surface area (Å²) in [4.78, 5) is 11.1. The number of aromatic nitrogens is 9. The maximum Gasteiger partial charge on any atom is 0.429 e. The fourth-order valence-electron chi connectivity index (χ4n) is 10.1. The lowest BCUT2D eigenvalue weighted by atomic mass is 9.91. The van der Waals surface area contributed by atoms with E-state index in [0.717, 1.165) is 6.08 Å². The normalized spacial score (nSPS) is 24.4. The molecular formula is C58H58F18N12O12. The van der Waals surface area contributed by atoms with E-state index in [1.54, 1.807) is 18.2 Å². The van der Waals surface area contributed by atoms with E-state index in [-0.39, 0.29) is 51.4 Å². The molecule has 7 aromatic rings. The predicted molar refractivity (Wildman–Crippen MR) is 303 cm³/mol. The number of nitrogen functional groups attached to an aromatic ring is 3. The molecule has 548 valence electrons. The van der Waals surface area contributed by atoms with E-state index in [0.29, 0.717) is 23.8 Å². The number of anilines is 3. The Kier molecular flexibility index (Phi) is 22.3. The molecule has 0 aliphatic carbocycles. The zero-order chi connectivity index (χ0) is 74.1. The molecule has 0 saturated heterocycles. The van der Waals surface area contributed by atoms with Gasteiger partial charge in [-0.3, -0.25) is 0 Å². The largest absolute Gasteiger partial charge is 0.474 e. The van der Waals surface area contributed by atoms with Gasteiger partial charge in [0.15, 0.2) is 17.1 Å². The first-order valence-electron chi connectivity index (χ1n) is 29.5. The first-order valence-corrected chi connectivity index (χ1v) is 29.5. The van der Waals surface area contributed by atoms with E-state index in [9.17, 15) is 105 Å². The summed E-state index contributed by atoms with van der Waals surface area (Å²) in [6, 6.07) is 9.38. The third-order valence-corrected chi connectivity index (χ3v) is 15.5. The van der Waals surface area contributed by atoms with Gasteiger partial charge in [0.1, 0.15) is 35.0 Å². The van der Waals surface area contributed by atoms with Crippen molar-refractivity contribution in [1.29, 1.82) is 0 Å². The van der Waals surface area contributed by atoms with E-state index in [1.807, 2.05) is 0 Å². The summed E-state index contributed by atoms with van der Waals surface area (Å²) in [7, 11) is 0. The quantitative estimate of drug-likeness (QED) is 0.0602. The summed E-state index contributed by atoms with van der Waals surface area (Å²) in [6.45, 7) is 3.77. The van der Waals surface area contributed by atoms with Crippen LogP contribution in [0, 0.1) is 0 Å². The number of nitrogens with zero attached hydrogens (tertiary/aromatic N) is 9. The van der Waals surface area contributed by atoms with Crippen LogP contribution in [0.1, 0.15) is 125 Å². The first kappa shape index (κ1) is 76.9. The van der Waals surface area contributed by atoms with Gasteiger partial charge in [0.25, 0.3) is 52.1 Å². The van der Waals surface area contributed by atoms with Gasteiger partial charge >= 0.3 is 37.1 Å². The Balaban J connectivity index is 0.000000192. The molecule has 0 radical (unpaired) electrons. The molecule has 100 heavy (non-hydrogen) atoms. The molecule has 11 N–H and O–H groups in total. The fourth-order valence-corrected chi connectivity index (χ4v) is 10.1. The Bertz CT molecular complexity index is 3830. The molecule has 6 unspecified atom stereocenters. The standard InChI is InChI=1S/C24H22F6N4O4.2C17H18F6N4O4/c1-13-7-5-6-10-17(35)22(24(28,29)30,36-12-14-8-3-2-4-9-14)21-34-33-20(38-21)18-16(31)11-15(23(25,26)27)19(32-18)37-13;2*1-7-4-2-3-5-10(28)15(29,17(21,22)23)14-27-26-13(31-14)11-9(24)6-8(16(18,19)20)12(25-11)30-7/h2-4,6,8-11,13,17,35H,5,7,12,31H2,1H3;2*6-7,10,28-29H,2-5,24H2,1H3/t13-,17?,22?;2*7-,10?,15?/m111/s1. The summed E-state index contributed by atoms with van der Waals surface area (Å²) in [5.74, 6) is -8.84. The van der Waals surface area contributed by atoms with Crippen LogP contribution < -0.4 is 31.4 Å². The summed E-state index contributed by atoms with van der Waals surface area (Å²) in [5, 5.41) is 71.6. The number of alkyl halides is 18. The minimum Gasteiger partial charge on any atom is -0.474 e. The predicted octanol–water partition coefficient (Wildman–Crippen LogP) is 11.6. The Morgan fingerprint density at radius 2 is 0.810 bits per heavy atom. The topological polar surface area (TPSA) is 372 Å². The van der Waals surface area contributed by atoms with Crippen molar-refractivity contribution in [2.45, 2.75) is 182 Å². The third-order valence-electron chi connectivity index (χ3n) is 15.5. The second kappa shape index (κ2) is 29.0. The van der Waals surface area contributed by atoms with Crippen molar-refractivity contribution in [3.05, 3.63) is 101 Å². The molecule has 9 atom stereocenters. The molecule has 3 aliphatic heterocycles. The minimum absolute atomic E-state index is 0.000789. The van der Waals surface area contributed by atoms with Crippen LogP contribution in [-0.4, -0.2) is 126 Å². The van der Waals surface area contributed by atoms with Crippen LogP contribution in [0.3, 0.4) is 0 Å². The maximum atomic E-state index is 14.7. The van der Waals surface area contributed by atoms with E-state index in [2.05, 4.69) is 45.5 Å². The molecule has 0 saturated carbocycles. The lowest BCUT2D eigenvalue weighted by Gasteiger charge is -2.35. The molecular weight excluding hydrogens is 1400 g/mol. The van der Waals surface area contributed by atoms with Gasteiger partial charge in [0.05, 0.1) is 42.0 Å². The molecule has 0 spiro atoms. The molecule has 1 aromatic carbocycles. The lowest BCUT2D eigenvalue weighted by molar-refractivity contribution is -0.319. The minimum atomic E-state index is -5.39. The number of fused-ring (bicyclic) bond motifs is 15. The number of rotatable bonds is 3. The maximum absolute atomic E-state index is 14.7. The second-order valence-electron chi connectivity index (χ2n) is 22.9. The number of pyridine rings is 3. The highest BCUT2D eigenvalue weighted by atomic mass is 19.4. The molecule has 24 nitrogen and oxygen atoms in total. The molecule has 0 amide bonds. The van der Waals surface area contributed by atoms with Gasteiger partial charge in [0, 0.05) is 0 Å². The number of hydrogen-bond donors (Lipinski definition) is 8. The zero-order valence-electron chi connectivity index (χ0n) is 51.7. The average molecular weight is 1460 g/mol. The molecule has 42 heteroatoms. The lowest BCUT2D eigenvalue weighted by Crippen LogP contribution is -2.53. The Morgan fingerprint density at radius 1 is 0.470 bits per heavy atom. The van der Waals surface area contributed by atoms with Crippen molar-refractivity contribution in [2.24, 2.45) is 0 Å². The first-order chi connectivity index (χ1) is 46.3. The van der Waals surface area contributed by atoms with Gasteiger partial charge in [-0.05, 0) is 95.9 Å². The molecule has 9 heterocycles. The van der Waals surface area contributed by atoms with Crippen LogP contribution in [0.25, 0.3) is 34.8 Å². The van der Waals surface area contributed by atoms with E-state index in [4.69, 9.17) is 49.4 Å². The van der Waals surface area contributed by atoms with E-state index < -0.39 is 214 Å². The average Bonchev–Trinajstić information content (AvgIpc) is 1.51. The van der Waals surface area contributed by atoms with Crippen molar-refractivity contribution in [3.8, 4) is 52.4 Å². The summed E-state index contributed by atoms with van der Waals surface area (Å²) in [6.07, 6.45) is -38.3. The summed E-state index contributed by atoms with van der Waals surface area (Å²) < 4.78 is 284. The summed E-state index contributed by atoms with van der Waals surface area (Å²) in [5.41, 5.74) is -1.33. The zero-order valence-corrected chi connectivity index (χ0v) is 51.7. The highest BCUT2D eigenvalue weighted by Crippen LogP contribution is 2.50. The van der Waals surface area contributed by atoms with Crippen molar-refractivity contribution in [1.82, 2.24) is 45.5 Å². The van der Waals surface area contributed by atoms with Gasteiger partial charge in [-0.2, -0.15) is 79.0 Å².